The predicted molar refractivity (Wildman–Crippen MR) is 49.7 cm³/mol. The summed E-state index contributed by atoms with van der Waals surface area (Å²) in [7, 11) is 0. The molecule has 1 rings (SSSR count). The molecule has 0 aromatic rings. The number of nitrogens with zero attached hydrogens (tertiary/aromatic N) is 1. The van der Waals surface area contributed by atoms with Crippen LogP contribution in [0.4, 0.5) is 0 Å². The normalized spacial score (nSPS) is 18.4. The first-order valence-corrected chi connectivity index (χ1v) is 4.79. The molecule has 1 saturated carbocycles. The molecular weight excluding hydrogens is 148 g/mol. The van der Waals surface area contributed by atoms with Gasteiger partial charge in [0.15, 0.2) is 0 Å². The summed E-state index contributed by atoms with van der Waals surface area (Å²) in [6.07, 6.45) is 4.99. The zero-order chi connectivity index (χ0) is 9.03. The summed E-state index contributed by atoms with van der Waals surface area (Å²) in [6, 6.07) is 3.06. The Kier molecular flexibility index (Phi) is 3.11. The second-order valence-corrected chi connectivity index (χ2v) is 4.33. The van der Waals surface area contributed by atoms with Gasteiger partial charge in [0.1, 0.15) is 0 Å². The summed E-state index contributed by atoms with van der Waals surface area (Å²) in [5.74, 6) is 0. The van der Waals surface area contributed by atoms with E-state index in [9.17, 15) is 0 Å². The summed E-state index contributed by atoms with van der Waals surface area (Å²) in [5.41, 5.74) is -0.156. The topological polar surface area (TPSA) is 35.8 Å². The zero-order valence-corrected chi connectivity index (χ0v) is 8.06. The molecule has 0 unspecified atom stereocenters. The molecule has 0 aromatic carbocycles. The van der Waals surface area contributed by atoms with Gasteiger partial charge in [0.25, 0.3) is 0 Å². The van der Waals surface area contributed by atoms with Gasteiger partial charge in [0.05, 0.1) is 11.5 Å². The van der Waals surface area contributed by atoms with Crippen LogP contribution in [0.3, 0.4) is 0 Å². The zero-order valence-electron chi connectivity index (χ0n) is 8.06. The van der Waals surface area contributed by atoms with Crippen molar-refractivity contribution in [2.75, 3.05) is 6.54 Å². The Bertz CT molecular complexity index is 175. The minimum atomic E-state index is -0.156. The van der Waals surface area contributed by atoms with E-state index < -0.39 is 0 Å². The van der Waals surface area contributed by atoms with Crippen molar-refractivity contribution in [3.05, 3.63) is 0 Å². The molecule has 1 N–H and O–H groups in total. The van der Waals surface area contributed by atoms with Crippen LogP contribution in [0.5, 0.6) is 0 Å². The van der Waals surface area contributed by atoms with Crippen LogP contribution in [0, 0.1) is 16.7 Å². The van der Waals surface area contributed by atoms with Gasteiger partial charge >= 0.3 is 0 Å². The number of nitriles is 1. The van der Waals surface area contributed by atoms with E-state index in [0.29, 0.717) is 0 Å². The van der Waals surface area contributed by atoms with Crippen LogP contribution in [0.25, 0.3) is 0 Å². The summed E-state index contributed by atoms with van der Waals surface area (Å²) in [6.45, 7) is 4.98. The smallest absolute Gasteiger partial charge is 0.0684 e. The molecule has 1 fully saturated rings. The second kappa shape index (κ2) is 3.91. The average Bonchev–Trinajstić information content (AvgIpc) is 1.95. The van der Waals surface area contributed by atoms with E-state index in [2.05, 4.69) is 11.4 Å². The standard InChI is InChI=1S/C10H18N2/c1-10(2,8-11)6-7-12-9-4-3-5-9/h9,12H,3-7H2,1-2H3. The quantitative estimate of drug-likeness (QED) is 0.694. The van der Waals surface area contributed by atoms with Crippen LogP contribution < -0.4 is 5.32 Å². The molecule has 0 saturated heterocycles. The molecule has 1 aliphatic rings. The van der Waals surface area contributed by atoms with Crippen molar-refractivity contribution in [3.63, 3.8) is 0 Å². The van der Waals surface area contributed by atoms with Gasteiger partial charge in [-0.15, -0.1) is 0 Å². The van der Waals surface area contributed by atoms with Crippen molar-refractivity contribution in [2.24, 2.45) is 5.41 Å². The Morgan fingerprint density at radius 2 is 2.17 bits per heavy atom. The van der Waals surface area contributed by atoms with E-state index in [1.165, 1.54) is 19.3 Å². The molecule has 1 aliphatic carbocycles. The van der Waals surface area contributed by atoms with Crippen molar-refractivity contribution < 1.29 is 0 Å². The van der Waals surface area contributed by atoms with E-state index in [4.69, 9.17) is 5.26 Å². The molecule has 0 heterocycles. The fourth-order valence-corrected chi connectivity index (χ4v) is 1.26. The van der Waals surface area contributed by atoms with Gasteiger partial charge in [0, 0.05) is 6.04 Å². The Morgan fingerprint density at radius 1 is 1.50 bits per heavy atom. The second-order valence-electron chi connectivity index (χ2n) is 4.33. The van der Waals surface area contributed by atoms with E-state index in [1.54, 1.807) is 0 Å². The highest BCUT2D eigenvalue weighted by Crippen LogP contribution is 2.20. The van der Waals surface area contributed by atoms with Crippen LogP contribution in [0.2, 0.25) is 0 Å². The largest absolute Gasteiger partial charge is 0.314 e. The Hall–Kier alpha value is -0.550. The van der Waals surface area contributed by atoms with E-state index >= 15 is 0 Å². The summed E-state index contributed by atoms with van der Waals surface area (Å²) >= 11 is 0. The fraction of sp³-hybridized carbons (Fsp3) is 0.900. The van der Waals surface area contributed by atoms with E-state index in [-0.39, 0.29) is 5.41 Å². The highest BCUT2D eigenvalue weighted by molar-refractivity contribution is 4.92. The van der Waals surface area contributed by atoms with Crippen LogP contribution in [-0.2, 0) is 0 Å². The Balaban J connectivity index is 2.05. The number of nitrogens with one attached hydrogen (secondary N) is 1. The van der Waals surface area contributed by atoms with Crippen molar-refractivity contribution in [2.45, 2.75) is 45.6 Å². The van der Waals surface area contributed by atoms with Crippen molar-refractivity contribution in [3.8, 4) is 6.07 Å². The van der Waals surface area contributed by atoms with E-state index in [0.717, 1.165) is 19.0 Å². The van der Waals surface area contributed by atoms with Crippen molar-refractivity contribution >= 4 is 0 Å². The maximum absolute atomic E-state index is 8.75. The van der Waals surface area contributed by atoms with Gasteiger partial charge in [-0.05, 0) is 39.7 Å². The monoisotopic (exact) mass is 166 g/mol. The van der Waals surface area contributed by atoms with Crippen LogP contribution in [0.1, 0.15) is 39.5 Å². The molecule has 0 amide bonds. The average molecular weight is 166 g/mol. The maximum atomic E-state index is 8.75. The van der Waals surface area contributed by atoms with Gasteiger partial charge in [-0.1, -0.05) is 6.42 Å². The minimum absolute atomic E-state index is 0.156. The molecule has 0 aromatic heterocycles. The lowest BCUT2D eigenvalue weighted by Crippen LogP contribution is -2.36. The molecule has 2 nitrogen and oxygen atoms in total. The Morgan fingerprint density at radius 3 is 2.58 bits per heavy atom. The lowest BCUT2D eigenvalue weighted by Gasteiger charge is -2.27. The lowest BCUT2D eigenvalue weighted by atomic mass is 9.89. The maximum Gasteiger partial charge on any atom is 0.0684 e. The van der Waals surface area contributed by atoms with Gasteiger partial charge in [0.2, 0.25) is 0 Å². The Labute approximate surface area is 75.0 Å². The molecule has 0 atom stereocenters. The summed E-state index contributed by atoms with van der Waals surface area (Å²) < 4.78 is 0. The van der Waals surface area contributed by atoms with Crippen LogP contribution in [0.15, 0.2) is 0 Å². The molecule has 12 heavy (non-hydrogen) atoms. The molecular formula is C10H18N2. The van der Waals surface area contributed by atoms with Crippen molar-refractivity contribution in [1.29, 1.82) is 5.26 Å². The summed E-state index contributed by atoms with van der Waals surface area (Å²) in [4.78, 5) is 0. The lowest BCUT2D eigenvalue weighted by molar-refractivity contribution is 0.319. The van der Waals surface area contributed by atoms with Gasteiger partial charge in [-0.25, -0.2) is 0 Å². The van der Waals surface area contributed by atoms with Gasteiger partial charge in [-0.3, -0.25) is 0 Å². The molecule has 0 spiro atoms. The summed E-state index contributed by atoms with van der Waals surface area (Å²) in [5, 5.41) is 12.2. The number of rotatable bonds is 4. The SMILES string of the molecule is CC(C)(C#N)CCNC1CCC1. The number of hydrogen-bond donors (Lipinski definition) is 1. The molecule has 0 aliphatic heterocycles. The highest BCUT2D eigenvalue weighted by Gasteiger charge is 2.19. The third kappa shape index (κ3) is 2.83. The third-order valence-corrected chi connectivity index (χ3v) is 2.59. The van der Waals surface area contributed by atoms with Crippen LogP contribution >= 0.6 is 0 Å². The number of hydrogen-bond acceptors (Lipinski definition) is 2. The first kappa shape index (κ1) is 9.54. The van der Waals surface area contributed by atoms with E-state index in [1.807, 2.05) is 13.8 Å². The van der Waals surface area contributed by atoms with Crippen LogP contribution in [-0.4, -0.2) is 12.6 Å². The van der Waals surface area contributed by atoms with Gasteiger partial charge < -0.3 is 5.32 Å². The fourth-order valence-electron chi connectivity index (χ4n) is 1.26. The predicted octanol–water partition coefficient (Wildman–Crippen LogP) is 2.07. The minimum Gasteiger partial charge on any atom is -0.314 e. The first-order chi connectivity index (χ1) is 5.64. The molecule has 68 valence electrons. The molecule has 2 heteroatoms. The van der Waals surface area contributed by atoms with Gasteiger partial charge in [-0.2, -0.15) is 5.26 Å². The molecule has 0 radical (unpaired) electrons. The first-order valence-electron chi connectivity index (χ1n) is 4.79. The highest BCUT2D eigenvalue weighted by atomic mass is 14.9. The van der Waals surface area contributed by atoms with Crippen molar-refractivity contribution in [1.82, 2.24) is 5.32 Å². The third-order valence-electron chi connectivity index (χ3n) is 2.59. The molecule has 0 bridgehead atoms.